The van der Waals surface area contributed by atoms with E-state index in [1.165, 1.54) is 0 Å². The molecular weight excluding hydrogens is 428 g/mol. The number of hydrazine groups is 1. The van der Waals surface area contributed by atoms with E-state index >= 15 is 0 Å². The van der Waals surface area contributed by atoms with Gasteiger partial charge in [0.05, 0.1) is 17.6 Å². The van der Waals surface area contributed by atoms with Crippen molar-refractivity contribution in [2.75, 3.05) is 0 Å². The number of nitrogens with one attached hydrogen (secondary N) is 2. The first-order chi connectivity index (χ1) is 16.7. The van der Waals surface area contributed by atoms with Crippen LogP contribution in [0.2, 0.25) is 0 Å². The van der Waals surface area contributed by atoms with Crippen molar-refractivity contribution < 1.29 is 9.59 Å². The summed E-state index contributed by atoms with van der Waals surface area (Å²) in [6.07, 6.45) is 6.82. The van der Waals surface area contributed by atoms with Gasteiger partial charge in [-0.05, 0) is 36.4 Å². The maximum absolute atomic E-state index is 13.0. The lowest BCUT2D eigenvalue weighted by Gasteiger charge is -2.08. The van der Waals surface area contributed by atoms with E-state index in [0.29, 0.717) is 16.8 Å². The SMILES string of the molecule is O=C(NNC(=O)c1cn(-c2ccccc2)nc1-c1ccccc1)c1ccc(-n2ccnc2)cc1. The van der Waals surface area contributed by atoms with E-state index in [2.05, 4.69) is 20.9 Å². The zero-order valence-electron chi connectivity index (χ0n) is 18.0. The van der Waals surface area contributed by atoms with Gasteiger partial charge in [0.1, 0.15) is 5.69 Å². The van der Waals surface area contributed by atoms with Crippen molar-refractivity contribution in [2.24, 2.45) is 0 Å². The molecule has 0 aliphatic carbocycles. The molecule has 3 aromatic carbocycles. The highest BCUT2D eigenvalue weighted by Crippen LogP contribution is 2.23. The third-order valence-electron chi connectivity index (χ3n) is 5.25. The predicted molar refractivity (Wildman–Crippen MR) is 127 cm³/mol. The highest BCUT2D eigenvalue weighted by molar-refractivity contribution is 6.02. The Labute approximate surface area is 195 Å². The standard InChI is InChI=1S/C26H20N6O2/c33-25(20-11-13-21(14-12-20)31-16-15-27-18-31)28-29-26(34)23-17-32(22-9-5-2-6-10-22)30-24(23)19-7-3-1-4-8-19/h1-18H,(H,28,33)(H,29,34). The van der Waals surface area contributed by atoms with E-state index in [4.69, 9.17) is 0 Å². The summed E-state index contributed by atoms with van der Waals surface area (Å²) in [6, 6.07) is 25.9. The summed E-state index contributed by atoms with van der Waals surface area (Å²) in [5.74, 6) is -0.897. The summed E-state index contributed by atoms with van der Waals surface area (Å²) < 4.78 is 3.48. The number of aromatic nitrogens is 4. The maximum Gasteiger partial charge on any atom is 0.273 e. The van der Waals surface area contributed by atoms with Crippen LogP contribution in [0.1, 0.15) is 20.7 Å². The third kappa shape index (κ3) is 4.33. The third-order valence-corrected chi connectivity index (χ3v) is 5.25. The van der Waals surface area contributed by atoms with Gasteiger partial charge in [-0.2, -0.15) is 5.10 Å². The van der Waals surface area contributed by atoms with Gasteiger partial charge < -0.3 is 4.57 Å². The zero-order chi connectivity index (χ0) is 23.3. The quantitative estimate of drug-likeness (QED) is 0.400. The first-order valence-electron chi connectivity index (χ1n) is 10.6. The minimum absolute atomic E-state index is 0.339. The fraction of sp³-hybridized carbons (Fsp3) is 0. The number of amides is 2. The topological polar surface area (TPSA) is 93.8 Å². The van der Waals surface area contributed by atoms with Crippen LogP contribution in [0.5, 0.6) is 0 Å². The molecule has 2 aromatic heterocycles. The number of carbonyl (C=O) groups excluding carboxylic acids is 2. The molecule has 166 valence electrons. The van der Waals surface area contributed by atoms with Crippen molar-refractivity contribution in [3.63, 3.8) is 0 Å². The first-order valence-corrected chi connectivity index (χ1v) is 10.6. The molecule has 0 unspecified atom stereocenters. The van der Waals surface area contributed by atoms with Crippen LogP contribution < -0.4 is 10.9 Å². The number of imidazole rings is 1. The highest BCUT2D eigenvalue weighted by Gasteiger charge is 2.19. The number of para-hydroxylation sites is 1. The minimum atomic E-state index is -0.468. The van der Waals surface area contributed by atoms with Gasteiger partial charge in [-0.1, -0.05) is 48.5 Å². The number of benzene rings is 3. The van der Waals surface area contributed by atoms with Crippen molar-refractivity contribution in [2.45, 2.75) is 0 Å². The Balaban J connectivity index is 1.35. The molecule has 0 saturated heterocycles. The number of rotatable bonds is 5. The summed E-state index contributed by atoms with van der Waals surface area (Å²) in [4.78, 5) is 29.6. The minimum Gasteiger partial charge on any atom is -0.306 e. The molecule has 0 aliphatic heterocycles. The largest absolute Gasteiger partial charge is 0.306 e. The van der Waals surface area contributed by atoms with E-state index in [1.807, 2.05) is 71.4 Å². The van der Waals surface area contributed by atoms with Crippen molar-refractivity contribution in [3.8, 4) is 22.6 Å². The highest BCUT2D eigenvalue weighted by atomic mass is 16.2. The maximum atomic E-state index is 13.0. The van der Waals surface area contributed by atoms with Crippen LogP contribution in [0.3, 0.4) is 0 Å². The number of carbonyl (C=O) groups is 2. The Hall–Kier alpha value is -4.98. The van der Waals surface area contributed by atoms with E-state index < -0.39 is 11.8 Å². The van der Waals surface area contributed by atoms with Crippen molar-refractivity contribution >= 4 is 11.8 Å². The van der Waals surface area contributed by atoms with Crippen LogP contribution in [-0.4, -0.2) is 31.1 Å². The summed E-state index contributed by atoms with van der Waals surface area (Å²) in [7, 11) is 0. The van der Waals surface area contributed by atoms with E-state index in [1.54, 1.807) is 47.7 Å². The second kappa shape index (κ2) is 9.25. The average molecular weight is 448 g/mol. The van der Waals surface area contributed by atoms with Gasteiger partial charge in [-0.3, -0.25) is 20.4 Å². The second-order valence-corrected chi connectivity index (χ2v) is 7.46. The van der Waals surface area contributed by atoms with Crippen LogP contribution >= 0.6 is 0 Å². The van der Waals surface area contributed by atoms with E-state index in [9.17, 15) is 9.59 Å². The van der Waals surface area contributed by atoms with Crippen molar-refractivity contribution in [1.29, 1.82) is 0 Å². The summed E-state index contributed by atoms with van der Waals surface area (Å²) in [5.41, 5.74) is 8.74. The molecule has 8 heteroatoms. The number of hydrogen-bond acceptors (Lipinski definition) is 4. The van der Waals surface area contributed by atoms with Crippen LogP contribution in [0.25, 0.3) is 22.6 Å². The smallest absolute Gasteiger partial charge is 0.273 e. The molecule has 0 aliphatic rings. The normalized spacial score (nSPS) is 10.6. The molecule has 0 fully saturated rings. The van der Waals surface area contributed by atoms with Gasteiger partial charge in [0.25, 0.3) is 11.8 Å². The Morgan fingerprint density at radius 1 is 0.735 bits per heavy atom. The average Bonchev–Trinajstić information content (AvgIpc) is 3.59. The Kier molecular flexibility index (Phi) is 5.69. The van der Waals surface area contributed by atoms with Crippen LogP contribution in [-0.2, 0) is 0 Å². The van der Waals surface area contributed by atoms with Crippen LogP contribution in [0.15, 0.2) is 110 Å². The molecule has 0 radical (unpaired) electrons. The lowest BCUT2D eigenvalue weighted by molar-refractivity contribution is 0.0847. The lowest BCUT2D eigenvalue weighted by atomic mass is 10.1. The molecule has 0 spiro atoms. The molecule has 5 aromatic rings. The second-order valence-electron chi connectivity index (χ2n) is 7.46. The van der Waals surface area contributed by atoms with E-state index in [-0.39, 0.29) is 0 Å². The molecule has 2 heterocycles. The van der Waals surface area contributed by atoms with Gasteiger partial charge in [-0.25, -0.2) is 9.67 Å². The fourth-order valence-electron chi connectivity index (χ4n) is 3.51. The lowest BCUT2D eigenvalue weighted by Crippen LogP contribution is -2.41. The Bertz CT molecular complexity index is 1410. The zero-order valence-corrected chi connectivity index (χ0v) is 18.0. The molecule has 2 N–H and O–H groups in total. The van der Waals surface area contributed by atoms with Gasteiger partial charge in [0.2, 0.25) is 0 Å². The summed E-state index contributed by atoms with van der Waals surface area (Å²) in [5, 5.41) is 4.63. The molecule has 0 saturated carbocycles. The number of hydrogen-bond donors (Lipinski definition) is 2. The molecule has 2 amide bonds. The van der Waals surface area contributed by atoms with Crippen LogP contribution in [0.4, 0.5) is 0 Å². The molecule has 0 bridgehead atoms. The first kappa shape index (κ1) is 20.9. The fourth-order valence-corrected chi connectivity index (χ4v) is 3.51. The Morgan fingerprint density at radius 3 is 2.09 bits per heavy atom. The van der Waals surface area contributed by atoms with Gasteiger partial charge in [0.15, 0.2) is 0 Å². The van der Waals surface area contributed by atoms with Gasteiger partial charge >= 0.3 is 0 Å². The Morgan fingerprint density at radius 2 is 1.41 bits per heavy atom. The molecular formula is C26H20N6O2. The van der Waals surface area contributed by atoms with E-state index in [0.717, 1.165) is 16.9 Å². The molecule has 8 nitrogen and oxygen atoms in total. The van der Waals surface area contributed by atoms with Crippen molar-refractivity contribution in [3.05, 3.63) is 121 Å². The predicted octanol–water partition coefficient (Wildman–Crippen LogP) is 3.80. The molecule has 34 heavy (non-hydrogen) atoms. The van der Waals surface area contributed by atoms with Gasteiger partial charge in [0, 0.05) is 35.4 Å². The van der Waals surface area contributed by atoms with Crippen molar-refractivity contribution in [1.82, 2.24) is 30.2 Å². The summed E-state index contributed by atoms with van der Waals surface area (Å²) >= 11 is 0. The number of nitrogens with zero attached hydrogens (tertiary/aromatic N) is 4. The van der Waals surface area contributed by atoms with Crippen LogP contribution in [0, 0.1) is 0 Å². The monoisotopic (exact) mass is 448 g/mol. The molecule has 5 rings (SSSR count). The summed E-state index contributed by atoms with van der Waals surface area (Å²) in [6.45, 7) is 0. The molecule has 0 atom stereocenters. The van der Waals surface area contributed by atoms with Gasteiger partial charge in [-0.15, -0.1) is 0 Å².